The molecule has 0 bridgehead atoms. The van der Waals surface area contributed by atoms with Gasteiger partial charge in [-0.25, -0.2) is 4.98 Å². The molecule has 0 radical (unpaired) electrons. The van der Waals surface area contributed by atoms with Gasteiger partial charge in [-0.05, 0) is 56.1 Å². The number of amides is 1. The Morgan fingerprint density at radius 3 is 2.81 bits per heavy atom. The summed E-state index contributed by atoms with van der Waals surface area (Å²) in [5.41, 5.74) is 2.06. The number of carbonyl (C=O) groups is 1. The first-order valence-electron chi connectivity index (χ1n) is 10.7. The Hall–Kier alpha value is -2.70. The molecule has 7 heteroatoms. The molecule has 1 saturated heterocycles. The monoisotopic (exact) mass is 438 g/mol. The zero-order valence-corrected chi connectivity index (χ0v) is 18.5. The summed E-state index contributed by atoms with van der Waals surface area (Å²) in [7, 11) is 1.95. The Kier molecular flexibility index (Phi) is 6.99. The Morgan fingerprint density at radius 2 is 2.03 bits per heavy atom. The van der Waals surface area contributed by atoms with Crippen LogP contribution in [0.1, 0.15) is 48.2 Å². The molecule has 1 amide bonds. The maximum absolute atomic E-state index is 13.1. The van der Waals surface area contributed by atoms with Crippen molar-refractivity contribution in [3.63, 3.8) is 0 Å². The quantitative estimate of drug-likeness (QED) is 0.543. The van der Waals surface area contributed by atoms with E-state index in [0.29, 0.717) is 30.4 Å². The number of benzene rings is 1. The van der Waals surface area contributed by atoms with Gasteiger partial charge in [0, 0.05) is 30.7 Å². The van der Waals surface area contributed by atoms with E-state index >= 15 is 0 Å². The van der Waals surface area contributed by atoms with E-state index in [1.807, 2.05) is 59.3 Å². The van der Waals surface area contributed by atoms with Crippen LogP contribution in [0.15, 0.2) is 59.3 Å². The average molecular weight is 439 g/mol. The fraction of sp³-hybridized carbons (Fsp3) is 0.375. The molecule has 6 nitrogen and oxygen atoms in total. The third-order valence-electron chi connectivity index (χ3n) is 5.53. The largest absolute Gasteiger partial charge is 0.443 e. The van der Waals surface area contributed by atoms with Crippen molar-refractivity contribution in [1.29, 1.82) is 0 Å². The number of piperidine rings is 1. The number of rotatable bonds is 7. The highest BCUT2D eigenvalue weighted by atomic mass is 35.5. The number of carbonyl (C=O) groups excluding carboxylic acids is 1. The van der Waals surface area contributed by atoms with Gasteiger partial charge in [-0.3, -0.25) is 14.7 Å². The SMILES string of the molecule is CN(CC(=O)N1CCCCC1c1ncc(Cc2ccc(Cl)cc2)o1)Cc1ccccn1. The van der Waals surface area contributed by atoms with Crippen LogP contribution in [0.5, 0.6) is 0 Å². The van der Waals surface area contributed by atoms with Crippen LogP contribution >= 0.6 is 11.6 Å². The molecule has 1 aromatic carbocycles. The smallest absolute Gasteiger partial charge is 0.237 e. The number of likely N-dealkylation sites (tertiary alicyclic amines) is 1. The van der Waals surface area contributed by atoms with Crippen LogP contribution in [-0.2, 0) is 17.8 Å². The average Bonchev–Trinajstić information content (AvgIpc) is 3.24. The maximum Gasteiger partial charge on any atom is 0.237 e. The first-order chi connectivity index (χ1) is 15.1. The predicted molar refractivity (Wildman–Crippen MR) is 120 cm³/mol. The molecular weight excluding hydrogens is 412 g/mol. The highest BCUT2D eigenvalue weighted by molar-refractivity contribution is 6.30. The van der Waals surface area contributed by atoms with Crippen molar-refractivity contribution in [2.45, 2.75) is 38.3 Å². The topological polar surface area (TPSA) is 62.5 Å². The maximum atomic E-state index is 13.1. The first-order valence-corrected chi connectivity index (χ1v) is 11.0. The lowest BCUT2D eigenvalue weighted by Crippen LogP contribution is -2.43. The van der Waals surface area contributed by atoms with Gasteiger partial charge in [-0.2, -0.15) is 0 Å². The van der Waals surface area contributed by atoms with Crippen LogP contribution in [0.2, 0.25) is 5.02 Å². The van der Waals surface area contributed by atoms with Gasteiger partial charge in [-0.15, -0.1) is 0 Å². The zero-order chi connectivity index (χ0) is 21.6. The second-order valence-corrected chi connectivity index (χ2v) is 8.50. The number of hydrogen-bond donors (Lipinski definition) is 0. The molecule has 1 unspecified atom stereocenters. The molecule has 0 N–H and O–H groups in total. The van der Waals surface area contributed by atoms with Crippen molar-refractivity contribution in [3.05, 3.63) is 82.8 Å². The van der Waals surface area contributed by atoms with Crippen molar-refractivity contribution >= 4 is 17.5 Å². The minimum Gasteiger partial charge on any atom is -0.443 e. The van der Waals surface area contributed by atoms with E-state index in [0.717, 1.165) is 42.8 Å². The molecule has 0 spiro atoms. The van der Waals surface area contributed by atoms with Crippen LogP contribution in [-0.4, -0.2) is 45.8 Å². The normalized spacial score (nSPS) is 16.6. The molecule has 1 aliphatic rings. The fourth-order valence-corrected chi connectivity index (χ4v) is 4.12. The van der Waals surface area contributed by atoms with Crippen LogP contribution in [0.4, 0.5) is 0 Å². The van der Waals surface area contributed by atoms with E-state index < -0.39 is 0 Å². The molecular formula is C24H27ClN4O2. The molecule has 1 atom stereocenters. The second-order valence-electron chi connectivity index (χ2n) is 8.06. The minimum absolute atomic E-state index is 0.0978. The Bertz CT molecular complexity index is 990. The molecule has 162 valence electrons. The fourth-order valence-electron chi connectivity index (χ4n) is 3.99. The van der Waals surface area contributed by atoms with Gasteiger partial charge in [0.1, 0.15) is 11.8 Å². The number of aromatic nitrogens is 2. The number of halogens is 1. The summed E-state index contributed by atoms with van der Waals surface area (Å²) < 4.78 is 6.08. The number of pyridine rings is 1. The van der Waals surface area contributed by atoms with Crippen LogP contribution < -0.4 is 0 Å². The molecule has 0 saturated carbocycles. The summed E-state index contributed by atoms with van der Waals surface area (Å²) in [6, 6.07) is 13.4. The molecule has 1 aliphatic heterocycles. The minimum atomic E-state index is -0.108. The van der Waals surface area contributed by atoms with E-state index in [4.69, 9.17) is 16.0 Å². The molecule has 0 aliphatic carbocycles. The molecule has 31 heavy (non-hydrogen) atoms. The van der Waals surface area contributed by atoms with E-state index in [1.54, 1.807) is 12.4 Å². The first kappa shape index (κ1) is 21.5. The lowest BCUT2D eigenvalue weighted by Gasteiger charge is -2.34. The summed E-state index contributed by atoms with van der Waals surface area (Å²) in [4.78, 5) is 25.9. The second kappa shape index (κ2) is 10.1. The number of hydrogen-bond acceptors (Lipinski definition) is 5. The lowest BCUT2D eigenvalue weighted by molar-refractivity contribution is -0.136. The van der Waals surface area contributed by atoms with Crippen molar-refractivity contribution in [3.8, 4) is 0 Å². The van der Waals surface area contributed by atoms with E-state index in [9.17, 15) is 4.79 Å². The van der Waals surface area contributed by atoms with Crippen molar-refractivity contribution in [2.75, 3.05) is 20.1 Å². The van der Waals surface area contributed by atoms with E-state index in [1.165, 1.54) is 0 Å². The molecule has 2 aromatic heterocycles. The van der Waals surface area contributed by atoms with Crippen molar-refractivity contribution in [2.24, 2.45) is 0 Å². The predicted octanol–water partition coefficient (Wildman–Crippen LogP) is 4.50. The molecule has 3 aromatic rings. The van der Waals surface area contributed by atoms with Crippen LogP contribution in [0.25, 0.3) is 0 Å². The lowest BCUT2D eigenvalue weighted by atomic mass is 10.0. The highest BCUT2D eigenvalue weighted by Gasteiger charge is 2.31. The van der Waals surface area contributed by atoms with Crippen LogP contribution in [0.3, 0.4) is 0 Å². The van der Waals surface area contributed by atoms with Crippen molar-refractivity contribution < 1.29 is 9.21 Å². The van der Waals surface area contributed by atoms with Gasteiger partial charge in [0.25, 0.3) is 0 Å². The third-order valence-corrected chi connectivity index (χ3v) is 5.79. The summed E-state index contributed by atoms with van der Waals surface area (Å²) >= 11 is 5.97. The van der Waals surface area contributed by atoms with Crippen LogP contribution in [0, 0.1) is 0 Å². The number of likely N-dealkylation sites (N-methyl/N-ethyl adjacent to an activating group) is 1. The summed E-state index contributed by atoms with van der Waals surface area (Å²) in [5.74, 6) is 1.52. The highest BCUT2D eigenvalue weighted by Crippen LogP contribution is 2.31. The summed E-state index contributed by atoms with van der Waals surface area (Å²) in [5, 5.41) is 0.714. The molecule has 3 heterocycles. The Morgan fingerprint density at radius 1 is 1.19 bits per heavy atom. The van der Waals surface area contributed by atoms with Gasteiger partial charge in [0.15, 0.2) is 0 Å². The Labute approximate surface area is 187 Å². The zero-order valence-electron chi connectivity index (χ0n) is 17.7. The van der Waals surface area contributed by atoms with E-state index in [-0.39, 0.29) is 11.9 Å². The van der Waals surface area contributed by atoms with E-state index in [2.05, 4.69) is 9.97 Å². The van der Waals surface area contributed by atoms with Gasteiger partial charge >= 0.3 is 0 Å². The molecule has 1 fully saturated rings. The van der Waals surface area contributed by atoms with Gasteiger partial charge in [0.2, 0.25) is 11.8 Å². The summed E-state index contributed by atoms with van der Waals surface area (Å²) in [6.07, 6.45) is 7.14. The number of nitrogens with zero attached hydrogens (tertiary/aromatic N) is 4. The van der Waals surface area contributed by atoms with Gasteiger partial charge in [-0.1, -0.05) is 29.8 Å². The van der Waals surface area contributed by atoms with Crippen molar-refractivity contribution in [1.82, 2.24) is 19.8 Å². The number of oxazole rings is 1. The Balaban J connectivity index is 1.40. The standard InChI is InChI=1S/C24H27ClN4O2/c1-28(16-20-6-2-4-12-26-20)17-23(30)29-13-5-3-7-22(29)24-27-15-21(31-24)14-18-8-10-19(25)11-9-18/h2,4,6,8-12,15,22H,3,5,7,13-14,16-17H2,1H3. The summed E-state index contributed by atoms with van der Waals surface area (Å²) in [6.45, 7) is 1.70. The van der Waals surface area contributed by atoms with Gasteiger partial charge < -0.3 is 9.32 Å². The van der Waals surface area contributed by atoms with Gasteiger partial charge in [0.05, 0.1) is 18.4 Å². The molecule has 4 rings (SSSR count). The third kappa shape index (κ3) is 5.71.